The molecule has 1 aromatic carbocycles. The number of hydrogen-bond acceptors (Lipinski definition) is 4. The van der Waals surface area contributed by atoms with Crippen molar-refractivity contribution < 1.29 is 14.0 Å². The van der Waals surface area contributed by atoms with Gasteiger partial charge in [0.25, 0.3) is 11.8 Å². The monoisotopic (exact) mass is 372 g/mol. The lowest BCUT2D eigenvalue weighted by atomic mass is 9.92. The van der Waals surface area contributed by atoms with E-state index in [1.165, 1.54) is 6.07 Å². The summed E-state index contributed by atoms with van der Waals surface area (Å²) in [6, 6.07) is 1.19. The second kappa shape index (κ2) is 7.47. The van der Waals surface area contributed by atoms with Crippen LogP contribution in [-0.4, -0.2) is 37.0 Å². The third-order valence-electron chi connectivity index (χ3n) is 5.45. The van der Waals surface area contributed by atoms with Crippen LogP contribution in [0.5, 0.6) is 0 Å². The standard InChI is InChI=1S/C20H25FN4O2/c1-4-6-16(26)24-13-7-5-8-25(10-13)19-15(21)9-14(20(22)27)18-17(19)11(2)12(3)23-18/h9,11-13,23H,5,7-8,10H2,1-3H3,(H2,22,27)(H,24,26)/t11?,12?,13-/m0/s1. The van der Waals surface area contributed by atoms with Gasteiger partial charge in [0.1, 0.15) is 5.82 Å². The molecule has 3 rings (SSSR count). The maximum absolute atomic E-state index is 15.1. The Morgan fingerprint density at radius 1 is 1.41 bits per heavy atom. The van der Waals surface area contributed by atoms with Crippen LogP contribution in [0.1, 0.15) is 55.5 Å². The summed E-state index contributed by atoms with van der Waals surface area (Å²) in [6.07, 6.45) is 1.65. The molecule has 2 aliphatic heterocycles. The minimum atomic E-state index is -0.646. The van der Waals surface area contributed by atoms with E-state index in [2.05, 4.69) is 22.5 Å². The molecule has 7 heteroatoms. The summed E-state index contributed by atoms with van der Waals surface area (Å²) in [4.78, 5) is 25.5. The number of benzene rings is 1. The van der Waals surface area contributed by atoms with Gasteiger partial charge in [-0.15, -0.1) is 0 Å². The van der Waals surface area contributed by atoms with Crippen LogP contribution in [0.25, 0.3) is 0 Å². The Kier molecular flexibility index (Phi) is 5.26. The van der Waals surface area contributed by atoms with Gasteiger partial charge in [-0.1, -0.05) is 12.8 Å². The van der Waals surface area contributed by atoms with Gasteiger partial charge in [-0.05, 0) is 38.7 Å². The molecular formula is C20H25FN4O2. The fourth-order valence-electron chi connectivity index (χ4n) is 4.01. The van der Waals surface area contributed by atoms with Crippen molar-refractivity contribution in [2.75, 3.05) is 23.3 Å². The average Bonchev–Trinajstić information content (AvgIpc) is 2.90. The fourth-order valence-corrected chi connectivity index (χ4v) is 4.01. The molecule has 2 unspecified atom stereocenters. The minimum Gasteiger partial charge on any atom is -0.381 e. The number of primary amides is 1. The summed E-state index contributed by atoms with van der Waals surface area (Å²) in [6.45, 7) is 6.81. The number of carbonyl (C=O) groups excluding carboxylic acids is 2. The van der Waals surface area contributed by atoms with E-state index in [-0.39, 0.29) is 29.5 Å². The molecule has 0 saturated carbocycles. The van der Waals surface area contributed by atoms with Gasteiger partial charge < -0.3 is 21.3 Å². The first-order valence-corrected chi connectivity index (χ1v) is 9.24. The Morgan fingerprint density at radius 3 is 2.81 bits per heavy atom. The van der Waals surface area contributed by atoms with Crippen molar-refractivity contribution in [2.24, 2.45) is 5.73 Å². The minimum absolute atomic E-state index is 0.0322. The van der Waals surface area contributed by atoms with Crippen LogP contribution in [0, 0.1) is 17.7 Å². The maximum atomic E-state index is 15.1. The van der Waals surface area contributed by atoms with Crippen molar-refractivity contribution in [3.8, 4) is 11.8 Å². The first-order valence-electron chi connectivity index (χ1n) is 9.24. The molecule has 2 heterocycles. The number of rotatable bonds is 3. The second-order valence-corrected chi connectivity index (χ2v) is 7.26. The first kappa shape index (κ1) is 19.0. The van der Waals surface area contributed by atoms with Gasteiger partial charge in [0.05, 0.1) is 16.9 Å². The van der Waals surface area contributed by atoms with Crippen LogP contribution in [0.15, 0.2) is 6.07 Å². The van der Waals surface area contributed by atoms with E-state index in [1.54, 1.807) is 6.92 Å². The highest BCUT2D eigenvalue weighted by Gasteiger charge is 2.36. The van der Waals surface area contributed by atoms with E-state index in [4.69, 9.17) is 5.73 Å². The van der Waals surface area contributed by atoms with E-state index < -0.39 is 11.7 Å². The summed E-state index contributed by atoms with van der Waals surface area (Å²) in [5.74, 6) is 3.68. The average molecular weight is 372 g/mol. The van der Waals surface area contributed by atoms with E-state index >= 15 is 4.39 Å². The zero-order chi connectivity index (χ0) is 19.7. The summed E-state index contributed by atoms with van der Waals surface area (Å²) in [7, 11) is 0. The van der Waals surface area contributed by atoms with Gasteiger partial charge in [-0.2, -0.15) is 0 Å². The Morgan fingerprint density at radius 2 is 2.15 bits per heavy atom. The zero-order valence-corrected chi connectivity index (χ0v) is 15.9. The van der Waals surface area contributed by atoms with Crippen molar-refractivity contribution in [2.45, 2.75) is 51.6 Å². The molecule has 3 atom stereocenters. The van der Waals surface area contributed by atoms with Gasteiger partial charge in [-0.3, -0.25) is 9.59 Å². The number of hydrogen-bond donors (Lipinski definition) is 3. The summed E-state index contributed by atoms with van der Waals surface area (Å²) < 4.78 is 15.1. The number of anilines is 2. The summed E-state index contributed by atoms with van der Waals surface area (Å²) >= 11 is 0. The van der Waals surface area contributed by atoms with Gasteiger partial charge in [0.2, 0.25) is 0 Å². The first-order chi connectivity index (χ1) is 12.8. The van der Waals surface area contributed by atoms with Crippen LogP contribution in [0.2, 0.25) is 0 Å². The molecule has 0 bridgehead atoms. The molecule has 4 N–H and O–H groups in total. The smallest absolute Gasteiger partial charge is 0.296 e. The number of nitrogens with zero attached hydrogens (tertiary/aromatic N) is 1. The number of piperidine rings is 1. The molecule has 0 aromatic heterocycles. The SMILES string of the molecule is CC#CC(=O)N[C@H]1CCCN(c2c(F)cc(C(N)=O)c3c2C(C)C(C)N3)C1. The quantitative estimate of drug-likeness (QED) is 0.708. The van der Waals surface area contributed by atoms with Crippen LogP contribution >= 0.6 is 0 Å². The van der Waals surface area contributed by atoms with Gasteiger partial charge >= 0.3 is 0 Å². The second-order valence-electron chi connectivity index (χ2n) is 7.26. The highest BCUT2D eigenvalue weighted by atomic mass is 19.1. The van der Waals surface area contributed by atoms with Gasteiger partial charge in [0.15, 0.2) is 0 Å². The Bertz CT molecular complexity index is 843. The summed E-state index contributed by atoms with van der Waals surface area (Å²) in [5, 5.41) is 6.17. The number of carbonyl (C=O) groups is 2. The molecule has 1 aromatic rings. The number of nitrogens with two attached hydrogens (primary N) is 1. The lowest BCUT2D eigenvalue weighted by Crippen LogP contribution is -2.48. The molecule has 1 fully saturated rings. The van der Waals surface area contributed by atoms with Crippen molar-refractivity contribution in [1.82, 2.24) is 5.32 Å². The van der Waals surface area contributed by atoms with Crippen molar-refractivity contribution in [3.05, 3.63) is 23.0 Å². The zero-order valence-electron chi connectivity index (χ0n) is 15.9. The molecule has 0 aliphatic carbocycles. The number of fused-ring (bicyclic) bond motifs is 1. The molecule has 0 radical (unpaired) electrons. The predicted octanol–water partition coefficient (Wildman–Crippen LogP) is 1.95. The van der Waals surface area contributed by atoms with Gasteiger partial charge in [-0.25, -0.2) is 4.39 Å². The van der Waals surface area contributed by atoms with Crippen LogP contribution in [0.4, 0.5) is 15.8 Å². The number of amides is 2. The third-order valence-corrected chi connectivity index (χ3v) is 5.45. The van der Waals surface area contributed by atoms with Crippen LogP contribution in [-0.2, 0) is 4.79 Å². The number of nitrogens with one attached hydrogen (secondary N) is 2. The Balaban J connectivity index is 1.97. The van der Waals surface area contributed by atoms with Crippen LogP contribution in [0.3, 0.4) is 0 Å². The van der Waals surface area contributed by atoms with Crippen molar-refractivity contribution in [1.29, 1.82) is 0 Å². The molecule has 2 amide bonds. The lowest BCUT2D eigenvalue weighted by molar-refractivity contribution is -0.116. The van der Waals surface area contributed by atoms with E-state index in [0.717, 1.165) is 18.4 Å². The highest BCUT2D eigenvalue weighted by molar-refractivity contribution is 6.01. The molecule has 144 valence electrons. The maximum Gasteiger partial charge on any atom is 0.296 e. The molecule has 27 heavy (non-hydrogen) atoms. The molecular weight excluding hydrogens is 347 g/mol. The van der Waals surface area contributed by atoms with E-state index in [0.29, 0.717) is 24.5 Å². The number of halogens is 1. The predicted molar refractivity (Wildman–Crippen MR) is 103 cm³/mol. The van der Waals surface area contributed by atoms with Crippen molar-refractivity contribution in [3.63, 3.8) is 0 Å². The Labute approximate surface area is 158 Å². The van der Waals surface area contributed by atoms with Crippen molar-refractivity contribution >= 4 is 23.2 Å². The van der Waals surface area contributed by atoms with Gasteiger partial charge in [0, 0.05) is 36.7 Å². The van der Waals surface area contributed by atoms with E-state index in [1.807, 2.05) is 18.7 Å². The molecule has 2 aliphatic rings. The normalized spacial score (nSPS) is 23.7. The summed E-state index contributed by atoms with van der Waals surface area (Å²) in [5.41, 5.74) is 7.56. The molecule has 6 nitrogen and oxygen atoms in total. The van der Waals surface area contributed by atoms with Crippen LogP contribution < -0.4 is 21.3 Å². The third kappa shape index (κ3) is 3.57. The fraction of sp³-hybridized carbons (Fsp3) is 0.500. The molecule has 1 saturated heterocycles. The molecule has 0 spiro atoms. The Hall–Kier alpha value is -2.75. The topological polar surface area (TPSA) is 87.5 Å². The van der Waals surface area contributed by atoms with E-state index in [9.17, 15) is 9.59 Å². The highest BCUT2D eigenvalue weighted by Crippen LogP contribution is 2.45. The largest absolute Gasteiger partial charge is 0.381 e. The lowest BCUT2D eigenvalue weighted by Gasteiger charge is -2.36.